The molecule has 1 unspecified atom stereocenters. The van der Waals surface area contributed by atoms with Crippen molar-refractivity contribution in [2.75, 3.05) is 13.1 Å². The van der Waals surface area contributed by atoms with Gasteiger partial charge in [-0.1, -0.05) is 18.5 Å². The first-order chi connectivity index (χ1) is 8.59. The Hall–Kier alpha value is -0.930. The molecule has 0 aliphatic carbocycles. The van der Waals surface area contributed by atoms with Gasteiger partial charge in [0.15, 0.2) is 5.78 Å². The fourth-order valence-corrected chi connectivity index (χ4v) is 2.74. The fraction of sp³-hybridized carbons (Fsp3) is 0.500. The number of benzene rings is 1. The van der Waals surface area contributed by atoms with Crippen molar-refractivity contribution in [2.24, 2.45) is 5.41 Å². The van der Waals surface area contributed by atoms with Crippen LogP contribution >= 0.6 is 11.6 Å². The number of hydrogen-bond acceptors (Lipinski definition) is 2. The Morgan fingerprint density at radius 1 is 1.56 bits per heavy atom. The predicted molar refractivity (Wildman–Crippen MR) is 70.6 cm³/mol. The summed E-state index contributed by atoms with van der Waals surface area (Å²) >= 11 is 5.71. The van der Waals surface area contributed by atoms with Gasteiger partial charge < -0.3 is 5.32 Å². The molecule has 1 N–H and O–H groups in total. The summed E-state index contributed by atoms with van der Waals surface area (Å²) in [5.41, 5.74) is -0.308. The third kappa shape index (κ3) is 2.43. The Kier molecular flexibility index (Phi) is 4.03. The van der Waals surface area contributed by atoms with Gasteiger partial charge in [-0.25, -0.2) is 4.39 Å². The van der Waals surface area contributed by atoms with Crippen molar-refractivity contribution in [3.8, 4) is 0 Å². The van der Waals surface area contributed by atoms with Crippen molar-refractivity contribution < 1.29 is 9.18 Å². The van der Waals surface area contributed by atoms with Crippen molar-refractivity contribution >= 4 is 17.4 Å². The summed E-state index contributed by atoms with van der Waals surface area (Å²) in [4.78, 5) is 12.6. The molecule has 0 spiro atoms. The number of piperidine rings is 1. The lowest BCUT2D eigenvalue weighted by atomic mass is 9.72. The minimum Gasteiger partial charge on any atom is -0.316 e. The maximum Gasteiger partial charge on any atom is 0.173 e. The molecule has 4 heteroatoms. The van der Waals surface area contributed by atoms with Gasteiger partial charge in [0.25, 0.3) is 0 Å². The highest BCUT2D eigenvalue weighted by molar-refractivity contribution is 6.30. The molecule has 1 aromatic rings. The summed E-state index contributed by atoms with van der Waals surface area (Å²) in [6.45, 7) is 3.54. The summed E-state index contributed by atoms with van der Waals surface area (Å²) in [5, 5.41) is 3.55. The van der Waals surface area contributed by atoms with Crippen LogP contribution in [0.15, 0.2) is 18.2 Å². The van der Waals surface area contributed by atoms with Gasteiger partial charge in [-0.15, -0.1) is 0 Å². The van der Waals surface area contributed by atoms with E-state index in [0.29, 0.717) is 11.6 Å². The van der Waals surface area contributed by atoms with E-state index in [1.807, 2.05) is 6.92 Å². The smallest absolute Gasteiger partial charge is 0.173 e. The number of ketones is 1. The van der Waals surface area contributed by atoms with E-state index < -0.39 is 11.2 Å². The molecule has 1 atom stereocenters. The molecule has 0 amide bonds. The van der Waals surface area contributed by atoms with Crippen LogP contribution in [0.25, 0.3) is 0 Å². The average molecular weight is 270 g/mol. The van der Waals surface area contributed by atoms with Crippen LogP contribution in [0.3, 0.4) is 0 Å². The van der Waals surface area contributed by atoms with E-state index in [9.17, 15) is 9.18 Å². The van der Waals surface area contributed by atoms with Crippen LogP contribution in [0.4, 0.5) is 4.39 Å². The van der Waals surface area contributed by atoms with Crippen LogP contribution in [0.2, 0.25) is 5.02 Å². The molecule has 1 aromatic carbocycles. The normalized spacial score (nSPS) is 23.9. The van der Waals surface area contributed by atoms with Gasteiger partial charge in [0.05, 0.1) is 5.56 Å². The molecule has 1 saturated heterocycles. The van der Waals surface area contributed by atoms with Crippen molar-refractivity contribution in [1.29, 1.82) is 0 Å². The van der Waals surface area contributed by atoms with Crippen LogP contribution < -0.4 is 5.32 Å². The molecule has 1 heterocycles. The first kappa shape index (κ1) is 13.5. The van der Waals surface area contributed by atoms with E-state index in [0.717, 1.165) is 25.8 Å². The standard InChI is InChI=1S/C14H17ClFNO/c1-2-14(6-3-7-17-9-14)13(18)11-5-4-10(15)8-12(11)16/h4-5,8,17H,2-3,6-7,9H2,1H3. The van der Waals surface area contributed by atoms with Crippen LogP contribution in [0.1, 0.15) is 36.5 Å². The highest BCUT2D eigenvalue weighted by Crippen LogP contribution is 2.34. The van der Waals surface area contributed by atoms with E-state index in [1.54, 1.807) is 6.07 Å². The molecule has 0 bridgehead atoms. The lowest BCUT2D eigenvalue weighted by molar-refractivity contribution is 0.0726. The lowest BCUT2D eigenvalue weighted by Gasteiger charge is -2.35. The maximum atomic E-state index is 13.8. The van der Waals surface area contributed by atoms with Gasteiger partial charge in [0.1, 0.15) is 5.82 Å². The quantitative estimate of drug-likeness (QED) is 0.852. The van der Waals surface area contributed by atoms with E-state index >= 15 is 0 Å². The maximum absolute atomic E-state index is 13.8. The zero-order valence-corrected chi connectivity index (χ0v) is 11.2. The van der Waals surface area contributed by atoms with Gasteiger partial charge >= 0.3 is 0 Å². The fourth-order valence-electron chi connectivity index (χ4n) is 2.58. The third-order valence-electron chi connectivity index (χ3n) is 3.81. The minimum atomic E-state index is -0.522. The number of Topliss-reactive ketones (excluding diaryl/α,β-unsaturated/α-hetero) is 1. The molecule has 2 rings (SSSR count). The monoisotopic (exact) mass is 269 g/mol. The Bertz CT molecular complexity index is 455. The highest BCUT2D eigenvalue weighted by Gasteiger charge is 2.39. The van der Waals surface area contributed by atoms with Crippen LogP contribution in [-0.2, 0) is 0 Å². The van der Waals surface area contributed by atoms with Crippen LogP contribution in [0.5, 0.6) is 0 Å². The number of rotatable bonds is 3. The number of carbonyl (C=O) groups is 1. The molecule has 0 aromatic heterocycles. The van der Waals surface area contributed by atoms with Crippen molar-refractivity contribution in [3.05, 3.63) is 34.6 Å². The summed E-state index contributed by atoms with van der Waals surface area (Å²) in [7, 11) is 0. The number of halogens is 2. The van der Waals surface area contributed by atoms with Crippen molar-refractivity contribution in [3.63, 3.8) is 0 Å². The number of carbonyl (C=O) groups excluding carboxylic acids is 1. The second-order valence-electron chi connectivity index (χ2n) is 4.87. The number of hydrogen-bond donors (Lipinski definition) is 1. The van der Waals surface area contributed by atoms with Gasteiger partial charge in [-0.3, -0.25) is 4.79 Å². The molecule has 2 nitrogen and oxygen atoms in total. The first-order valence-electron chi connectivity index (χ1n) is 6.29. The molecule has 0 saturated carbocycles. The van der Waals surface area contributed by atoms with Gasteiger partial charge in [0, 0.05) is 17.0 Å². The summed E-state index contributed by atoms with van der Waals surface area (Å²) < 4.78 is 13.8. The first-order valence-corrected chi connectivity index (χ1v) is 6.67. The zero-order chi connectivity index (χ0) is 13.2. The van der Waals surface area contributed by atoms with E-state index in [1.165, 1.54) is 12.1 Å². The lowest BCUT2D eigenvalue weighted by Crippen LogP contribution is -2.45. The molecule has 1 fully saturated rings. The summed E-state index contributed by atoms with van der Waals surface area (Å²) in [5.74, 6) is -0.628. The molecule has 18 heavy (non-hydrogen) atoms. The Labute approximate surface area is 112 Å². The molecule has 1 aliphatic rings. The van der Waals surface area contributed by atoms with Gasteiger partial charge in [-0.05, 0) is 44.0 Å². The third-order valence-corrected chi connectivity index (χ3v) is 4.04. The van der Waals surface area contributed by atoms with E-state index in [4.69, 9.17) is 11.6 Å². The molecular weight excluding hydrogens is 253 g/mol. The molecule has 98 valence electrons. The summed E-state index contributed by atoms with van der Waals surface area (Å²) in [6, 6.07) is 4.26. The highest BCUT2D eigenvalue weighted by atomic mass is 35.5. The van der Waals surface area contributed by atoms with E-state index in [-0.39, 0.29) is 11.3 Å². The predicted octanol–water partition coefficient (Wildman–Crippen LogP) is 3.44. The molecule has 1 aliphatic heterocycles. The second-order valence-corrected chi connectivity index (χ2v) is 5.30. The van der Waals surface area contributed by atoms with Crippen molar-refractivity contribution in [1.82, 2.24) is 5.32 Å². The zero-order valence-electron chi connectivity index (χ0n) is 10.4. The Balaban J connectivity index is 2.33. The molecule has 0 radical (unpaired) electrons. The van der Waals surface area contributed by atoms with Crippen LogP contribution in [-0.4, -0.2) is 18.9 Å². The van der Waals surface area contributed by atoms with Crippen LogP contribution in [0, 0.1) is 11.2 Å². The SMILES string of the molecule is CCC1(C(=O)c2ccc(Cl)cc2F)CCCNC1. The van der Waals surface area contributed by atoms with Gasteiger partial charge in [0.2, 0.25) is 0 Å². The van der Waals surface area contributed by atoms with Gasteiger partial charge in [-0.2, -0.15) is 0 Å². The van der Waals surface area contributed by atoms with Crippen molar-refractivity contribution in [2.45, 2.75) is 26.2 Å². The Morgan fingerprint density at radius 3 is 2.89 bits per heavy atom. The largest absolute Gasteiger partial charge is 0.316 e. The summed E-state index contributed by atoms with van der Waals surface area (Å²) in [6.07, 6.45) is 2.49. The second kappa shape index (κ2) is 5.37. The number of nitrogens with one attached hydrogen (secondary N) is 1. The van der Waals surface area contributed by atoms with E-state index in [2.05, 4.69) is 5.32 Å². The average Bonchev–Trinajstić information content (AvgIpc) is 2.39. The Morgan fingerprint density at radius 2 is 2.33 bits per heavy atom. The minimum absolute atomic E-state index is 0.105. The topological polar surface area (TPSA) is 29.1 Å². The molecular formula is C14H17ClFNO.